The van der Waals surface area contributed by atoms with Crippen molar-refractivity contribution in [3.63, 3.8) is 0 Å². The van der Waals surface area contributed by atoms with Gasteiger partial charge in [0.1, 0.15) is 6.04 Å². The molecule has 0 spiro atoms. The van der Waals surface area contributed by atoms with Crippen LogP contribution in [0.5, 0.6) is 0 Å². The van der Waals surface area contributed by atoms with Crippen LogP contribution in [0.4, 0.5) is 0 Å². The van der Waals surface area contributed by atoms with E-state index < -0.39 is 12.0 Å². The lowest BCUT2D eigenvalue weighted by Gasteiger charge is -2.14. The summed E-state index contributed by atoms with van der Waals surface area (Å²) >= 11 is 0. The second-order valence-corrected chi connectivity index (χ2v) is 5.37. The van der Waals surface area contributed by atoms with E-state index in [1.807, 2.05) is 27.8 Å². The molecule has 21 heavy (non-hydrogen) atoms. The summed E-state index contributed by atoms with van der Waals surface area (Å²) in [5.74, 6) is -1.19. The summed E-state index contributed by atoms with van der Waals surface area (Å²) in [4.78, 5) is 23.0. The predicted molar refractivity (Wildman–Crippen MR) is 80.1 cm³/mol. The topological polar surface area (TPSA) is 84.2 Å². The molecule has 1 rings (SSSR count). The lowest BCUT2D eigenvalue weighted by molar-refractivity contribution is -0.142. The van der Waals surface area contributed by atoms with Crippen molar-refractivity contribution in [2.75, 3.05) is 0 Å². The number of carbonyl (C=O) groups is 2. The van der Waals surface area contributed by atoms with Gasteiger partial charge in [0.25, 0.3) is 0 Å². The van der Waals surface area contributed by atoms with Crippen LogP contribution < -0.4 is 5.32 Å². The third-order valence-electron chi connectivity index (χ3n) is 3.74. The number of hydrogen-bond donors (Lipinski definition) is 2. The van der Waals surface area contributed by atoms with Crippen LogP contribution in [-0.4, -0.2) is 32.8 Å². The van der Waals surface area contributed by atoms with E-state index in [-0.39, 0.29) is 12.3 Å². The molecule has 0 saturated heterocycles. The Morgan fingerprint density at radius 2 is 2.05 bits per heavy atom. The Morgan fingerprint density at radius 1 is 1.38 bits per heavy atom. The molecule has 6 heteroatoms. The van der Waals surface area contributed by atoms with Crippen LogP contribution >= 0.6 is 0 Å². The van der Waals surface area contributed by atoms with Crippen molar-refractivity contribution in [1.29, 1.82) is 0 Å². The highest BCUT2D eigenvalue weighted by atomic mass is 16.4. The highest BCUT2D eigenvalue weighted by Gasteiger charge is 2.19. The average Bonchev–Trinajstić information content (AvgIpc) is 2.66. The fourth-order valence-corrected chi connectivity index (χ4v) is 2.35. The molecule has 1 amide bonds. The molecule has 1 atom stereocenters. The Morgan fingerprint density at radius 3 is 2.52 bits per heavy atom. The van der Waals surface area contributed by atoms with Gasteiger partial charge in [-0.2, -0.15) is 5.10 Å². The van der Waals surface area contributed by atoms with E-state index in [0.717, 1.165) is 29.8 Å². The Hall–Kier alpha value is -1.85. The van der Waals surface area contributed by atoms with E-state index in [2.05, 4.69) is 10.4 Å². The summed E-state index contributed by atoms with van der Waals surface area (Å²) in [7, 11) is 1.87. The van der Waals surface area contributed by atoms with Crippen molar-refractivity contribution in [2.24, 2.45) is 7.05 Å². The Bertz CT molecular complexity index is 509. The molecule has 0 saturated carbocycles. The number of carboxylic acids is 1. The van der Waals surface area contributed by atoms with Crippen LogP contribution in [0.3, 0.4) is 0 Å². The third kappa shape index (κ3) is 4.88. The minimum Gasteiger partial charge on any atom is -0.480 e. The van der Waals surface area contributed by atoms with Crippen molar-refractivity contribution in [3.8, 4) is 0 Å². The molecular formula is C15H25N3O3. The van der Waals surface area contributed by atoms with Gasteiger partial charge in [-0.3, -0.25) is 9.48 Å². The fraction of sp³-hybridized carbons (Fsp3) is 0.667. The third-order valence-corrected chi connectivity index (χ3v) is 3.74. The van der Waals surface area contributed by atoms with E-state index in [4.69, 9.17) is 5.11 Å². The highest BCUT2D eigenvalue weighted by molar-refractivity contribution is 5.83. The number of amides is 1. The summed E-state index contributed by atoms with van der Waals surface area (Å²) in [5.41, 5.74) is 3.03. The lowest BCUT2D eigenvalue weighted by Crippen LogP contribution is -2.40. The molecule has 1 aromatic rings. The van der Waals surface area contributed by atoms with Gasteiger partial charge in [-0.05, 0) is 32.3 Å². The summed E-state index contributed by atoms with van der Waals surface area (Å²) in [6, 6.07) is -0.784. The molecular weight excluding hydrogens is 270 g/mol. The molecule has 0 aromatic carbocycles. The number of rotatable bonds is 8. The van der Waals surface area contributed by atoms with Gasteiger partial charge >= 0.3 is 5.97 Å². The summed E-state index contributed by atoms with van der Waals surface area (Å²) < 4.78 is 1.80. The monoisotopic (exact) mass is 295 g/mol. The van der Waals surface area contributed by atoms with Crippen molar-refractivity contribution >= 4 is 11.9 Å². The van der Waals surface area contributed by atoms with Crippen LogP contribution in [0, 0.1) is 13.8 Å². The smallest absolute Gasteiger partial charge is 0.326 e. The number of aliphatic carboxylic acids is 1. The number of nitrogens with one attached hydrogen (secondary N) is 1. The van der Waals surface area contributed by atoms with Crippen LogP contribution in [0.2, 0.25) is 0 Å². The molecule has 0 radical (unpaired) electrons. The van der Waals surface area contributed by atoms with Crippen molar-refractivity contribution in [2.45, 2.75) is 58.9 Å². The van der Waals surface area contributed by atoms with Gasteiger partial charge in [-0.15, -0.1) is 0 Å². The first-order valence-electron chi connectivity index (χ1n) is 7.38. The number of carboxylic acid groups (broad SMARTS) is 1. The van der Waals surface area contributed by atoms with Gasteiger partial charge in [-0.25, -0.2) is 4.79 Å². The maximum absolute atomic E-state index is 11.9. The molecule has 6 nitrogen and oxygen atoms in total. The Labute approximate surface area is 125 Å². The first-order valence-corrected chi connectivity index (χ1v) is 7.38. The molecule has 0 aliphatic carbocycles. The molecule has 0 aliphatic heterocycles. The average molecular weight is 295 g/mol. The first kappa shape index (κ1) is 17.2. The standard InChI is InChI=1S/C15H25N3O3/c1-5-6-7-13(15(20)21)16-14(19)9-8-12-10(2)17-18(4)11(12)3/h13H,5-9H2,1-4H3,(H,16,19)(H,20,21)/t13-/m0/s1. The quantitative estimate of drug-likeness (QED) is 0.765. The highest BCUT2D eigenvalue weighted by Crippen LogP contribution is 2.14. The van der Waals surface area contributed by atoms with Gasteiger partial charge in [0.2, 0.25) is 5.91 Å². The first-order chi connectivity index (χ1) is 9.86. The van der Waals surface area contributed by atoms with Crippen molar-refractivity contribution < 1.29 is 14.7 Å². The van der Waals surface area contributed by atoms with E-state index >= 15 is 0 Å². The fourth-order valence-electron chi connectivity index (χ4n) is 2.35. The van der Waals surface area contributed by atoms with Gasteiger partial charge in [0.15, 0.2) is 0 Å². The zero-order valence-electron chi connectivity index (χ0n) is 13.3. The SMILES string of the molecule is CCCC[C@H](NC(=O)CCc1c(C)nn(C)c1C)C(=O)O. The second kappa shape index (κ2) is 7.81. The van der Waals surface area contributed by atoms with Crippen molar-refractivity contribution in [3.05, 3.63) is 17.0 Å². The lowest BCUT2D eigenvalue weighted by atomic mass is 10.1. The maximum atomic E-state index is 11.9. The molecule has 1 heterocycles. The second-order valence-electron chi connectivity index (χ2n) is 5.37. The molecule has 0 fully saturated rings. The molecule has 0 bridgehead atoms. The zero-order valence-corrected chi connectivity index (χ0v) is 13.3. The van der Waals surface area contributed by atoms with E-state index in [1.165, 1.54) is 0 Å². The van der Waals surface area contributed by atoms with E-state index in [0.29, 0.717) is 12.8 Å². The normalized spacial score (nSPS) is 12.2. The van der Waals surface area contributed by atoms with E-state index in [1.54, 1.807) is 4.68 Å². The molecule has 2 N–H and O–H groups in total. The summed E-state index contributed by atoms with van der Waals surface area (Å²) in [6.07, 6.45) is 3.04. The maximum Gasteiger partial charge on any atom is 0.326 e. The number of nitrogens with zero attached hydrogens (tertiary/aromatic N) is 2. The number of hydrogen-bond acceptors (Lipinski definition) is 3. The molecule has 0 aliphatic rings. The summed E-state index contributed by atoms with van der Waals surface area (Å²) in [5, 5.41) is 16.0. The van der Waals surface area contributed by atoms with Crippen molar-refractivity contribution in [1.82, 2.24) is 15.1 Å². The number of unbranched alkanes of at least 4 members (excludes halogenated alkanes) is 1. The van der Waals surface area contributed by atoms with Gasteiger partial charge in [-0.1, -0.05) is 19.8 Å². The number of aromatic nitrogens is 2. The predicted octanol–water partition coefficient (Wildman–Crippen LogP) is 1.73. The van der Waals surface area contributed by atoms with Crippen LogP contribution in [0.1, 0.15) is 49.6 Å². The molecule has 0 unspecified atom stereocenters. The zero-order chi connectivity index (χ0) is 16.0. The number of carbonyl (C=O) groups excluding carboxylic acids is 1. The van der Waals surface area contributed by atoms with Gasteiger partial charge in [0.05, 0.1) is 5.69 Å². The van der Waals surface area contributed by atoms with Gasteiger partial charge in [0, 0.05) is 19.2 Å². The molecule has 118 valence electrons. The summed E-state index contributed by atoms with van der Waals surface area (Å²) in [6.45, 7) is 5.88. The van der Waals surface area contributed by atoms with Gasteiger partial charge < -0.3 is 10.4 Å². The Kier molecular flexibility index (Phi) is 6.39. The van der Waals surface area contributed by atoms with Crippen LogP contribution in [0.25, 0.3) is 0 Å². The largest absolute Gasteiger partial charge is 0.480 e. The van der Waals surface area contributed by atoms with E-state index in [9.17, 15) is 9.59 Å². The molecule has 1 aromatic heterocycles. The minimum atomic E-state index is -0.967. The minimum absolute atomic E-state index is 0.221. The number of aryl methyl sites for hydroxylation is 2. The Balaban J connectivity index is 2.54. The van der Waals surface area contributed by atoms with Crippen LogP contribution in [0.15, 0.2) is 0 Å². The van der Waals surface area contributed by atoms with Crippen LogP contribution in [-0.2, 0) is 23.1 Å².